The third-order valence-corrected chi connectivity index (χ3v) is 9.67. The Kier molecular flexibility index (Phi) is 5.01. The fourth-order valence-corrected chi connectivity index (χ4v) is 7.61. The van der Waals surface area contributed by atoms with Crippen molar-refractivity contribution < 1.29 is 0 Å². The molecule has 2 aliphatic carbocycles. The van der Waals surface area contributed by atoms with Gasteiger partial charge >= 0.3 is 0 Å². The number of rotatable bonds is 3. The molecule has 0 aliphatic heterocycles. The predicted octanol–water partition coefficient (Wildman–Crippen LogP) is 10.5. The molecule has 0 spiro atoms. The van der Waals surface area contributed by atoms with Crippen LogP contribution in [-0.4, -0.2) is 0 Å². The van der Waals surface area contributed by atoms with Crippen LogP contribution in [0.15, 0.2) is 127 Å². The van der Waals surface area contributed by atoms with E-state index in [-0.39, 0.29) is 11.3 Å². The Hall–Kier alpha value is -4.42. The van der Waals surface area contributed by atoms with Crippen LogP contribution in [0.1, 0.15) is 71.6 Å². The monoisotopic (exact) mass is 512 g/mol. The van der Waals surface area contributed by atoms with Crippen molar-refractivity contribution in [1.82, 2.24) is 0 Å². The Labute approximate surface area is 237 Å². The Bertz CT molecular complexity index is 1950. The smallest absolute Gasteiger partial charge is 0.0346 e. The van der Waals surface area contributed by atoms with Gasteiger partial charge in [0.25, 0.3) is 0 Å². The Morgan fingerprint density at radius 1 is 0.525 bits per heavy atom. The van der Waals surface area contributed by atoms with Crippen LogP contribution in [-0.2, 0) is 5.41 Å². The third-order valence-electron chi connectivity index (χ3n) is 9.67. The Morgan fingerprint density at radius 3 is 2.02 bits per heavy atom. The maximum Gasteiger partial charge on any atom is 0.0346 e. The first-order valence-electron chi connectivity index (χ1n) is 14.5. The molecule has 192 valence electrons. The highest BCUT2D eigenvalue weighted by Crippen LogP contribution is 2.51. The molecule has 0 radical (unpaired) electrons. The zero-order valence-corrected chi connectivity index (χ0v) is 23.3. The minimum atomic E-state index is -0.0284. The molecule has 8 rings (SSSR count). The molecule has 0 saturated heterocycles. The Balaban J connectivity index is 1.36. The third kappa shape index (κ3) is 3.26. The largest absolute Gasteiger partial charge is 0.0619 e. The molecule has 0 aromatic heterocycles. The summed E-state index contributed by atoms with van der Waals surface area (Å²) in [5.41, 5.74) is 15.3. The summed E-state index contributed by atoms with van der Waals surface area (Å²) in [6, 6.07) is 48.0. The zero-order valence-electron chi connectivity index (χ0n) is 23.3. The number of hydrogen-bond donors (Lipinski definition) is 0. The highest BCUT2D eigenvalue weighted by molar-refractivity contribution is 5.88. The van der Waals surface area contributed by atoms with Gasteiger partial charge in [0.05, 0.1) is 0 Å². The molecule has 0 fully saturated rings. The van der Waals surface area contributed by atoms with Crippen LogP contribution in [0.2, 0.25) is 0 Å². The van der Waals surface area contributed by atoms with E-state index < -0.39 is 0 Å². The molecule has 0 bridgehead atoms. The second-order valence-electron chi connectivity index (χ2n) is 12.1. The molecule has 40 heavy (non-hydrogen) atoms. The van der Waals surface area contributed by atoms with E-state index in [1.54, 1.807) is 0 Å². The fraction of sp³-hybridized carbons (Fsp3) is 0.150. The molecule has 2 aliphatic rings. The van der Waals surface area contributed by atoms with Gasteiger partial charge in [-0.1, -0.05) is 148 Å². The van der Waals surface area contributed by atoms with Crippen LogP contribution in [0.4, 0.5) is 0 Å². The van der Waals surface area contributed by atoms with E-state index in [0.29, 0.717) is 5.92 Å². The minimum Gasteiger partial charge on any atom is -0.0619 e. The quantitative estimate of drug-likeness (QED) is 0.207. The van der Waals surface area contributed by atoms with Crippen molar-refractivity contribution >= 4 is 10.8 Å². The SMILES string of the molecule is CC1c2ccccc2-c2ccc(C(c3ccc4c(c3)C(C)(C)c3ccccc3-4)c3cccc4ccccc34)cc21. The van der Waals surface area contributed by atoms with Crippen molar-refractivity contribution in [3.05, 3.63) is 166 Å². The van der Waals surface area contributed by atoms with Crippen LogP contribution in [0, 0.1) is 0 Å². The first-order valence-corrected chi connectivity index (χ1v) is 14.5. The zero-order chi connectivity index (χ0) is 27.0. The van der Waals surface area contributed by atoms with Gasteiger partial charge in [0.1, 0.15) is 0 Å². The van der Waals surface area contributed by atoms with Gasteiger partial charge in [-0.3, -0.25) is 0 Å². The van der Waals surface area contributed by atoms with Crippen LogP contribution in [0.5, 0.6) is 0 Å². The fourth-order valence-electron chi connectivity index (χ4n) is 7.61. The molecule has 0 amide bonds. The highest BCUT2D eigenvalue weighted by Gasteiger charge is 2.36. The van der Waals surface area contributed by atoms with Crippen LogP contribution in [0.3, 0.4) is 0 Å². The van der Waals surface area contributed by atoms with Crippen molar-refractivity contribution in [2.24, 2.45) is 0 Å². The Morgan fingerprint density at radius 2 is 1.15 bits per heavy atom. The van der Waals surface area contributed by atoms with Crippen LogP contribution >= 0.6 is 0 Å². The molecule has 6 aromatic rings. The van der Waals surface area contributed by atoms with E-state index in [1.807, 2.05) is 0 Å². The lowest BCUT2D eigenvalue weighted by Gasteiger charge is -2.26. The summed E-state index contributed by atoms with van der Waals surface area (Å²) in [6.45, 7) is 7.11. The molecule has 2 atom stereocenters. The number of fused-ring (bicyclic) bond motifs is 7. The summed E-state index contributed by atoms with van der Waals surface area (Å²) >= 11 is 0. The topological polar surface area (TPSA) is 0 Å². The van der Waals surface area contributed by atoms with E-state index in [4.69, 9.17) is 0 Å². The van der Waals surface area contributed by atoms with Gasteiger partial charge in [-0.2, -0.15) is 0 Å². The summed E-state index contributed by atoms with van der Waals surface area (Å²) in [5, 5.41) is 2.62. The normalized spacial score (nSPS) is 16.7. The van der Waals surface area contributed by atoms with Crippen molar-refractivity contribution in [3.63, 3.8) is 0 Å². The second kappa shape index (κ2) is 8.54. The first kappa shape index (κ1) is 23.5. The number of benzene rings is 6. The van der Waals surface area contributed by atoms with Crippen molar-refractivity contribution in [2.75, 3.05) is 0 Å². The van der Waals surface area contributed by atoms with Crippen molar-refractivity contribution in [2.45, 2.75) is 38.0 Å². The second-order valence-corrected chi connectivity index (χ2v) is 12.1. The van der Waals surface area contributed by atoms with E-state index in [0.717, 1.165) is 0 Å². The maximum atomic E-state index is 2.51. The lowest BCUT2D eigenvalue weighted by molar-refractivity contribution is 0.659. The number of hydrogen-bond acceptors (Lipinski definition) is 0. The van der Waals surface area contributed by atoms with Gasteiger partial charge in [-0.15, -0.1) is 0 Å². The van der Waals surface area contributed by atoms with Gasteiger partial charge in [0, 0.05) is 17.3 Å². The summed E-state index contributed by atoms with van der Waals surface area (Å²) in [5.74, 6) is 0.532. The summed E-state index contributed by atoms with van der Waals surface area (Å²) in [6.07, 6.45) is 0. The maximum absolute atomic E-state index is 2.51. The van der Waals surface area contributed by atoms with Gasteiger partial charge < -0.3 is 0 Å². The van der Waals surface area contributed by atoms with Gasteiger partial charge in [0.15, 0.2) is 0 Å². The van der Waals surface area contributed by atoms with Gasteiger partial charge in [-0.05, 0) is 72.0 Å². The average molecular weight is 513 g/mol. The van der Waals surface area contributed by atoms with Gasteiger partial charge in [0.2, 0.25) is 0 Å². The standard InChI is InChI=1S/C40H32/c1-25-29-13-6-7-15-31(29)32-21-19-27(23-36(25)32)39(35-17-10-12-26-11-4-5-14-30(26)35)28-20-22-34-33-16-8-9-18-37(33)40(2,3)38(34)24-28/h4-25,39H,1-3H3. The highest BCUT2D eigenvalue weighted by atomic mass is 14.4. The van der Waals surface area contributed by atoms with Crippen LogP contribution < -0.4 is 0 Å². The lowest BCUT2D eigenvalue weighted by atomic mass is 9.77. The van der Waals surface area contributed by atoms with Crippen LogP contribution in [0.25, 0.3) is 33.0 Å². The van der Waals surface area contributed by atoms with E-state index in [9.17, 15) is 0 Å². The molecule has 0 heterocycles. The van der Waals surface area contributed by atoms with E-state index in [2.05, 4.69) is 148 Å². The molecule has 6 aromatic carbocycles. The molecule has 0 N–H and O–H groups in total. The molecule has 2 unspecified atom stereocenters. The summed E-state index contributed by atoms with van der Waals surface area (Å²) in [7, 11) is 0. The summed E-state index contributed by atoms with van der Waals surface area (Å²) < 4.78 is 0. The van der Waals surface area contributed by atoms with Crippen molar-refractivity contribution in [3.8, 4) is 22.3 Å². The van der Waals surface area contributed by atoms with E-state index in [1.165, 1.54) is 72.0 Å². The predicted molar refractivity (Wildman–Crippen MR) is 168 cm³/mol. The molecular weight excluding hydrogens is 480 g/mol. The average Bonchev–Trinajstić information content (AvgIpc) is 3.41. The van der Waals surface area contributed by atoms with E-state index >= 15 is 0 Å². The lowest BCUT2D eigenvalue weighted by Crippen LogP contribution is -2.16. The minimum absolute atomic E-state index is 0.0284. The first-order chi connectivity index (χ1) is 19.5. The molecule has 0 heteroatoms. The molecule has 0 nitrogen and oxygen atoms in total. The van der Waals surface area contributed by atoms with Gasteiger partial charge in [-0.25, -0.2) is 0 Å². The molecule has 0 saturated carbocycles. The molecular formula is C40H32. The van der Waals surface area contributed by atoms with Crippen molar-refractivity contribution in [1.29, 1.82) is 0 Å². The summed E-state index contributed by atoms with van der Waals surface area (Å²) in [4.78, 5) is 0.